The van der Waals surface area contributed by atoms with Crippen molar-refractivity contribution < 1.29 is 14.3 Å². The zero-order chi connectivity index (χ0) is 18.7. The van der Waals surface area contributed by atoms with Crippen LogP contribution in [0.1, 0.15) is 23.6 Å². The lowest BCUT2D eigenvalue weighted by Crippen LogP contribution is -2.35. The van der Waals surface area contributed by atoms with Crippen LogP contribution < -0.4 is 15.4 Å². The number of nitrogens with one attached hydrogen (secondary N) is 2. The van der Waals surface area contributed by atoms with E-state index in [-0.39, 0.29) is 24.5 Å². The molecule has 26 heavy (non-hydrogen) atoms. The van der Waals surface area contributed by atoms with Gasteiger partial charge in [-0.15, -0.1) is 0 Å². The molecule has 3 amide bonds. The maximum atomic E-state index is 12.3. The average molecular weight is 357 g/mol. The number of carbonyl (C=O) groups is 2. The molecule has 0 spiro atoms. The summed E-state index contributed by atoms with van der Waals surface area (Å²) in [5, 5.41) is 9.87. The van der Waals surface area contributed by atoms with Crippen molar-refractivity contribution in [3.05, 3.63) is 41.6 Å². The van der Waals surface area contributed by atoms with E-state index in [0.717, 1.165) is 16.9 Å². The number of nitrogens with zero attached hydrogens (tertiary/aromatic N) is 3. The maximum Gasteiger partial charge on any atom is 0.320 e. The number of ether oxygens (including phenoxy) is 1. The van der Waals surface area contributed by atoms with Gasteiger partial charge in [-0.2, -0.15) is 5.10 Å². The Bertz CT molecular complexity index is 815. The van der Waals surface area contributed by atoms with Gasteiger partial charge in [0.25, 0.3) is 0 Å². The van der Waals surface area contributed by atoms with Crippen LogP contribution in [0.15, 0.2) is 30.5 Å². The summed E-state index contributed by atoms with van der Waals surface area (Å²) >= 11 is 0. The quantitative estimate of drug-likeness (QED) is 0.875. The number of hydrogen-bond acceptors (Lipinski definition) is 4. The highest BCUT2D eigenvalue weighted by Crippen LogP contribution is 2.34. The van der Waals surface area contributed by atoms with Crippen LogP contribution in [-0.2, 0) is 11.3 Å². The zero-order valence-corrected chi connectivity index (χ0v) is 15.2. The van der Waals surface area contributed by atoms with E-state index in [2.05, 4.69) is 15.7 Å². The number of hydrogen-bond donors (Lipinski definition) is 2. The van der Waals surface area contributed by atoms with E-state index < -0.39 is 0 Å². The van der Waals surface area contributed by atoms with E-state index in [4.69, 9.17) is 4.74 Å². The number of urea groups is 1. The largest absolute Gasteiger partial charge is 0.493 e. The molecule has 0 saturated carbocycles. The van der Waals surface area contributed by atoms with Gasteiger partial charge in [-0.1, -0.05) is 18.2 Å². The van der Waals surface area contributed by atoms with Gasteiger partial charge in [-0.05, 0) is 12.5 Å². The molecule has 1 aromatic heterocycles. The number of likely N-dealkylation sites (N-methyl/N-ethyl adjacent to an activating group) is 1. The summed E-state index contributed by atoms with van der Waals surface area (Å²) in [6, 6.07) is 7.12. The molecule has 2 N–H and O–H groups in total. The van der Waals surface area contributed by atoms with Gasteiger partial charge in [-0.3, -0.25) is 14.8 Å². The minimum absolute atomic E-state index is 0.0710. The Morgan fingerprint density at radius 3 is 2.92 bits per heavy atom. The van der Waals surface area contributed by atoms with Crippen LogP contribution in [0.3, 0.4) is 0 Å². The van der Waals surface area contributed by atoms with Crippen LogP contribution in [0.2, 0.25) is 0 Å². The lowest BCUT2D eigenvalue weighted by Gasteiger charge is -2.27. The maximum absolute atomic E-state index is 12.3. The SMILES string of the molecule is Cc1cccc2c1OCC[C@@H]2NC(=O)Nc1ccn(CC(=O)N(C)C)n1. The number of aryl methyl sites for hydroxylation is 1. The van der Waals surface area contributed by atoms with E-state index >= 15 is 0 Å². The molecule has 0 bridgehead atoms. The smallest absolute Gasteiger partial charge is 0.320 e. The lowest BCUT2D eigenvalue weighted by molar-refractivity contribution is -0.129. The van der Waals surface area contributed by atoms with Crippen molar-refractivity contribution in [3.63, 3.8) is 0 Å². The van der Waals surface area contributed by atoms with E-state index in [0.29, 0.717) is 18.8 Å². The van der Waals surface area contributed by atoms with Crippen LogP contribution in [0.25, 0.3) is 0 Å². The van der Waals surface area contributed by atoms with E-state index in [9.17, 15) is 9.59 Å². The summed E-state index contributed by atoms with van der Waals surface area (Å²) in [5.74, 6) is 1.17. The van der Waals surface area contributed by atoms with Crippen molar-refractivity contribution >= 4 is 17.8 Å². The molecule has 2 aromatic rings. The average Bonchev–Trinajstić information content (AvgIpc) is 3.02. The predicted octanol–water partition coefficient (Wildman–Crippen LogP) is 1.93. The van der Waals surface area contributed by atoms with Crippen molar-refractivity contribution in [2.24, 2.45) is 0 Å². The topological polar surface area (TPSA) is 88.5 Å². The normalized spacial score (nSPS) is 15.6. The molecule has 1 aromatic carbocycles. The van der Waals surface area contributed by atoms with Gasteiger partial charge < -0.3 is 15.0 Å². The highest BCUT2D eigenvalue weighted by atomic mass is 16.5. The number of fused-ring (bicyclic) bond motifs is 1. The third-order valence-corrected chi connectivity index (χ3v) is 4.25. The Morgan fingerprint density at radius 1 is 1.35 bits per heavy atom. The lowest BCUT2D eigenvalue weighted by atomic mass is 9.98. The fraction of sp³-hybridized carbons (Fsp3) is 0.389. The second-order valence-electron chi connectivity index (χ2n) is 6.47. The van der Waals surface area contributed by atoms with Gasteiger partial charge >= 0.3 is 6.03 Å². The van der Waals surface area contributed by atoms with Crippen molar-refractivity contribution in [2.45, 2.75) is 25.9 Å². The first-order valence-electron chi connectivity index (χ1n) is 8.47. The number of anilines is 1. The molecule has 3 rings (SSSR count). The predicted molar refractivity (Wildman–Crippen MR) is 97.1 cm³/mol. The molecule has 1 aliphatic heterocycles. The second-order valence-corrected chi connectivity index (χ2v) is 6.47. The molecule has 0 saturated heterocycles. The van der Waals surface area contributed by atoms with Gasteiger partial charge in [0.05, 0.1) is 12.6 Å². The summed E-state index contributed by atoms with van der Waals surface area (Å²) in [4.78, 5) is 25.5. The molecule has 0 unspecified atom stereocenters. The molecule has 2 heterocycles. The van der Waals surface area contributed by atoms with Gasteiger partial charge in [0.1, 0.15) is 12.3 Å². The van der Waals surface area contributed by atoms with Crippen LogP contribution in [0.4, 0.5) is 10.6 Å². The van der Waals surface area contributed by atoms with Crippen molar-refractivity contribution in [1.82, 2.24) is 20.0 Å². The fourth-order valence-corrected chi connectivity index (χ4v) is 2.84. The molecule has 0 radical (unpaired) electrons. The highest BCUT2D eigenvalue weighted by Gasteiger charge is 2.24. The van der Waals surface area contributed by atoms with E-state index in [1.807, 2.05) is 25.1 Å². The van der Waals surface area contributed by atoms with Crippen LogP contribution in [0.5, 0.6) is 5.75 Å². The Hall–Kier alpha value is -3.03. The molecule has 1 atom stereocenters. The summed E-state index contributed by atoms with van der Waals surface area (Å²) < 4.78 is 7.21. The standard InChI is InChI=1S/C18H23N5O3/c1-12-5-4-6-13-14(8-10-26-17(12)13)19-18(25)20-15-7-9-23(21-15)11-16(24)22(2)3/h4-7,9,14H,8,10-11H2,1-3H3,(H2,19,20,21,25)/t14-/m0/s1. The molecular weight excluding hydrogens is 334 g/mol. The summed E-state index contributed by atoms with van der Waals surface area (Å²) in [6.45, 7) is 2.68. The minimum Gasteiger partial charge on any atom is -0.493 e. The summed E-state index contributed by atoms with van der Waals surface area (Å²) in [6.07, 6.45) is 2.36. The number of amides is 3. The van der Waals surface area contributed by atoms with E-state index in [1.54, 1.807) is 26.4 Å². The molecular formula is C18H23N5O3. The molecule has 8 nitrogen and oxygen atoms in total. The van der Waals surface area contributed by atoms with E-state index in [1.165, 1.54) is 9.58 Å². The van der Waals surface area contributed by atoms with Gasteiger partial charge in [-0.25, -0.2) is 4.79 Å². The first-order chi connectivity index (χ1) is 12.4. The van der Waals surface area contributed by atoms with Crippen molar-refractivity contribution in [2.75, 3.05) is 26.0 Å². The third kappa shape index (κ3) is 3.96. The fourth-order valence-electron chi connectivity index (χ4n) is 2.84. The number of para-hydroxylation sites is 1. The van der Waals surface area contributed by atoms with Gasteiger partial charge in [0.15, 0.2) is 5.82 Å². The van der Waals surface area contributed by atoms with Crippen LogP contribution >= 0.6 is 0 Å². The number of rotatable bonds is 4. The first kappa shape index (κ1) is 17.8. The number of aromatic nitrogens is 2. The van der Waals surface area contributed by atoms with Crippen molar-refractivity contribution in [1.29, 1.82) is 0 Å². The number of benzene rings is 1. The molecule has 138 valence electrons. The molecule has 0 fully saturated rings. The monoisotopic (exact) mass is 357 g/mol. The van der Waals surface area contributed by atoms with Gasteiger partial charge in [0, 0.05) is 38.3 Å². The van der Waals surface area contributed by atoms with Crippen LogP contribution in [-0.4, -0.2) is 47.3 Å². The molecule has 0 aliphatic carbocycles. The first-order valence-corrected chi connectivity index (χ1v) is 8.47. The highest BCUT2D eigenvalue weighted by molar-refractivity contribution is 5.88. The van der Waals surface area contributed by atoms with Gasteiger partial charge in [0.2, 0.25) is 5.91 Å². The second kappa shape index (κ2) is 7.47. The Morgan fingerprint density at radius 2 is 2.15 bits per heavy atom. The zero-order valence-electron chi connectivity index (χ0n) is 15.2. The Labute approximate surface area is 152 Å². The van der Waals surface area contributed by atoms with Crippen molar-refractivity contribution in [3.8, 4) is 5.75 Å². The third-order valence-electron chi connectivity index (χ3n) is 4.25. The summed E-state index contributed by atoms with van der Waals surface area (Å²) in [5.41, 5.74) is 2.03. The Kier molecular flexibility index (Phi) is 5.11. The Balaban J connectivity index is 1.61. The van der Waals surface area contributed by atoms with Crippen LogP contribution in [0, 0.1) is 6.92 Å². The summed E-state index contributed by atoms with van der Waals surface area (Å²) in [7, 11) is 3.37. The molecule has 1 aliphatic rings. The number of carbonyl (C=O) groups excluding carboxylic acids is 2. The minimum atomic E-state index is -0.339. The molecule has 8 heteroatoms.